The summed E-state index contributed by atoms with van der Waals surface area (Å²) in [6, 6.07) is -0.279. The third kappa shape index (κ3) is 5.86. The van der Waals surface area contributed by atoms with Crippen molar-refractivity contribution in [1.29, 1.82) is 0 Å². The van der Waals surface area contributed by atoms with Crippen LogP contribution in [0.1, 0.15) is 21.5 Å². The normalized spacial score (nSPS) is 11.6. The van der Waals surface area contributed by atoms with Gasteiger partial charge in [-0.2, -0.15) is 26.3 Å². The second kappa shape index (κ2) is 9.74. The van der Waals surface area contributed by atoms with Gasteiger partial charge in [-0.1, -0.05) is 0 Å². The molecule has 2 aromatic carbocycles. The first kappa shape index (κ1) is 26.7. The van der Waals surface area contributed by atoms with E-state index in [1.54, 1.807) is 10.6 Å². The lowest BCUT2D eigenvalue weighted by Gasteiger charge is -2.16. The first-order valence-corrected chi connectivity index (χ1v) is 9.40. The first-order valence-electron chi connectivity index (χ1n) is 8.60. The Morgan fingerprint density at radius 2 is 1.44 bits per heavy atom. The maximum Gasteiger partial charge on any atom is 0.416 e. The molecule has 0 unspecified atom stereocenters. The zero-order chi connectivity index (χ0) is 26.0. The Labute approximate surface area is 194 Å². The highest BCUT2D eigenvalue weighted by Crippen LogP contribution is 2.42. The number of nitro groups is 1. The van der Waals surface area contributed by atoms with Crippen molar-refractivity contribution in [2.24, 2.45) is 0 Å². The average Bonchev–Trinajstić information content (AvgIpc) is 2.70. The Morgan fingerprint density at radius 3 is 1.85 bits per heavy atom. The van der Waals surface area contributed by atoms with Gasteiger partial charge in [0.1, 0.15) is 11.3 Å². The number of ether oxygens (including phenoxy) is 2. The number of anilines is 1. The van der Waals surface area contributed by atoms with Crippen molar-refractivity contribution >= 4 is 39.2 Å². The fraction of sp³-hybridized carbons (Fsp3) is 0.222. The van der Waals surface area contributed by atoms with Crippen molar-refractivity contribution in [2.45, 2.75) is 12.4 Å². The van der Waals surface area contributed by atoms with Crippen molar-refractivity contribution in [3.05, 3.63) is 55.5 Å². The standard InChI is InChI=1S/C18H12BrF6N3O6/c1-33-13-10(19)6-11(28(31)32)14(34-2)12(13)15(29)27-16(30)26-9-4-7(17(20,21)22)3-8(5-9)18(23,24)25/h3-6H,1-2H3,(H2,26,27,29,30). The lowest BCUT2D eigenvalue weighted by Crippen LogP contribution is -2.35. The number of hydrogen-bond donors (Lipinski definition) is 2. The van der Waals surface area contributed by atoms with Gasteiger partial charge in [0.2, 0.25) is 5.75 Å². The molecule has 0 saturated carbocycles. The molecule has 0 bridgehead atoms. The summed E-state index contributed by atoms with van der Waals surface area (Å²) in [5.74, 6) is -2.28. The Balaban J connectivity index is 2.44. The number of nitro benzene ring substituents is 1. The van der Waals surface area contributed by atoms with Gasteiger partial charge >= 0.3 is 24.1 Å². The van der Waals surface area contributed by atoms with Gasteiger partial charge in [0.15, 0.2) is 0 Å². The minimum Gasteiger partial charge on any atom is -0.495 e. The smallest absolute Gasteiger partial charge is 0.416 e. The molecular formula is C18H12BrF6N3O6. The van der Waals surface area contributed by atoms with Crippen LogP contribution in [0.2, 0.25) is 0 Å². The molecule has 3 amide bonds. The number of carbonyl (C=O) groups is 2. The third-order valence-corrected chi connectivity index (χ3v) is 4.66. The Morgan fingerprint density at radius 1 is 0.941 bits per heavy atom. The van der Waals surface area contributed by atoms with E-state index in [2.05, 4.69) is 15.9 Å². The molecular weight excluding hydrogens is 548 g/mol. The number of nitrogens with one attached hydrogen (secondary N) is 2. The highest BCUT2D eigenvalue weighted by molar-refractivity contribution is 9.10. The number of carbonyl (C=O) groups excluding carboxylic acids is 2. The molecule has 2 N–H and O–H groups in total. The summed E-state index contributed by atoms with van der Waals surface area (Å²) in [7, 11) is 2.07. The molecule has 0 saturated heterocycles. The maximum atomic E-state index is 13.0. The maximum absolute atomic E-state index is 13.0. The summed E-state index contributed by atoms with van der Waals surface area (Å²) >= 11 is 2.95. The Hall–Kier alpha value is -3.56. The van der Waals surface area contributed by atoms with E-state index in [4.69, 9.17) is 9.47 Å². The van der Waals surface area contributed by atoms with Gasteiger partial charge in [-0.15, -0.1) is 0 Å². The molecule has 0 aliphatic rings. The summed E-state index contributed by atoms with van der Waals surface area (Å²) in [5.41, 5.74) is -5.66. The van der Waals surface area contributed by atoms with E-state index in [0.29, 0.717) is 0 Å². The van der Waals surface area contributed by atoms with Crippen LogP contribution in [0.5, 0.6) is 11.5 Å². The van der Waals surface area contributed by atoms with Crippen LogP contribution in [0.3, 0.4) is 0 Å². The van der Waals surface area contributed by atoms with Crippen LogP contribution in [0.4, 0.5) is 42.5 Å². The van der Waals surface area contributed by atoms with Crippen molar-refractivity contribution in [1.82, 2.24) is 5.32 Å². The minimum absolute atomic E-state index is 0.0826. The van der Waals surface area contributed by atoms with Gasteiger partial charge in [0, 0.05) is 11.8 Å². The Kier molecular flexibility index (Phi) is 7.65. The molecule has 9 nitrogen and oxygen atoms in total. The molecule has 34 heavy (non-hydrogen) atoms. The summed E-state index contributed by atoms with van der Waals surface area (Å²) in [6.45, 7) is 0. The number of nitrogens with zero attached hydrogens (tertiary/aromatic N) is 1. The molecule has 2 rings (SSSR count). The predicted molar refractivity (Wildman–Crippen MR) is 107 cm³/mol. The number of alkyl halides is 6. The number of halogens is 7. The lowest BCUT2D eigenvalue weighted by molar-refractivity contribution is -0.385. The fourth-order valence-corrected chi connectivity index (χ4v) is 3.28. The largest absolute Gasteiger partial charge is 0.495 e. The zero-order valence-corrected chi connectivity index (χ0v) is 18.4. The topological polar surface area (TPSA) is 120 Å². The fourth-order valence-electron chi connectivity index (χ4n) is 2.70. The number of amides is 3. The zero-order valence-electron chi connectivity index (χ0n) is 16.9. The van der Waals surface area contributed by atoms with Crippen molar-refractivity contribution in [3.8, 4) is 11.5 Å². The molecule has 0 aromatic heterocycles. The molecule has 0 aliphatic heterocycles. The quantitative estimate of drug-likeness (QED) is 0.288. The van der Waals surface area contributed by atoms with Gasteiger partial charge in [0.25, 0.3) is 5.91 Å². The molecule has 0 fully saturated rings. The highest BCUT2D eigenvalue weighted by atomic mass is 79.9. The first-order chi connectivity index (χ1) is 15.6. The summed E-state index contributed by atoms with van der Waals surface area (Å²) in [4.78, 5) is 35.2. The van der Waals surface area contributed by atoms with Crippen molar-refractivity contribution in [2.75, 3.05) is 19.5 Å². The number of benzene rings is 2. The van der Waals surface area contributed by atoms with Gasteiger partial charge in [-0.25, -0.2) is 4.79 Å². The van der Waals surface area contributed by atoms with E-state index < -0.39 is 63.0 Å². The highest BCUT2D eigenvalue weighted by Gasteiger charge is 2.37. The minimum atomic E-state index is -5.17. The van der Waals surface area contributed by atoms with Crippen LogP contribution in [0.25, 0.3) is 0 Å². The monoisotopic (exact) mass is 559 g/mol. The third-order valence-electron chi connectivity index (χ3n) is 4.07. The van der Waals surface area contributed by atoms with E-state index in [1.807, 2.05) is 0 Å². The predicted octanol–water partition coefficient (Wildman–Crippen LogP) is 5.37. The number of methoxy groups -OCH3 is 2. The van der Waals surface area contributed by atoms with Crippen LogP contribution >= 0.6 is 15.9 Å². The molecule has 0 aliphatic carbocycles. The van der Waals surface area contributed by atoms with Crippen LogP contribution in [-0.2, 0) is 12.4 Å². The van der Waals surface area contributed by atoms with E-state index >= 15 is 0 Å². The van der Waals surface area contributed by atoms with Crippen LogP contribution in [0.15, 0.2) is 28.7 Å². The molecule has 184 valence electrons. The van der Waals surface area contributed by atoms with Crippen molar-refractivity contribution in [3.63, 3.8) is 0 Å². The van der Waals surface area contributed by atoms with Crippen LogP contribution in [-0.4, -0.2) is 31.1 Å². The number of imide groups is 1. The van der Waals surface area contributed by atoms with Crippen molar-refractivity contribution < 1.29 is 50.3 Å². The van der Waals surface area contributed by atoms with Crippen LogP contribution in [0, 0.1) is 10.1 Å². The summed E-state index contributed by atoms with van der Waals surface area (Å²) < 4.78 is 87.6. The molecule has 0 heterocycles. The van der Waals surface area contributed by atoms with Gasteiger partial charge in [-0.3, -0.25) is 20.2 Å². The number of hydrogen-bond acceptors (Lipinski definition) is 6. The number of urea groups is 1. The summed E-state index contributed by atoms with van der Waals surface area (Å²) in [5, 5.41) is 14.6. The van der Waals surface area contributed by atoms with Crippen LogP contribution < -0.4 is 20.1 Å². The molecule has 0 spiro atoms. The lowest BCUT2D eigenvalue weighted by atomic mass is 10.1. The van der Waals surface area contributed by atoms with E-state index in [0.717, 1.165) is 20.3 Å². The Bertz CT molecular complexity index is 1120. The van der Waals surface area contributed by atoms with E-state index in [-0.39, 0.29) is 28.4 Å². The van der Waals surface area contributed by atoms with E-state index in [9.17, 15) is 46.0 Å². The molecule has 0 radical (unpaired) electrons. The number of rotatable bonds is 5. The second-order valence-electron chi connectivity index (χ2n) is 6.28. The van der Waals surface area contributed by atoms with E-state index in [1.165, 1.54) is 0 Å². The van der Waals surface area contributed by atoms with Gasteiger partial charge < -0.3 is 14.8 Å². The average molecular weight is 560 g/mol. The van der Waals surface area contributed by atoms with Gasteiger partial charge in [-0.05, 0) is 34.1 Å². The SMILES string of the molecule is COc1c(Br)cc([N+](=O)[O-])c(OC)c1C(=O)NC(=O)Nc1cc(C(F)(F)F)cc(C(F)(F)F)c1. The molecule has 0 atom stereocenters. The summed E-state index contributed by atoms with van der Waals surface area (Å²) in [6.07, 6.45) is -10.3. The molecule has 2 aromatic rings. The second-order valence-corrected chi connectivity index (χ2v) is 7.13. The molecule has 16 heteroatoms. The van der Waals surface area contributed by atoms with Gasteiger partial charge in [0.05, 0.1) is 34.7 Å².